The van der Waals surface area contributed by atoms with E-state index in [9.17, 15) is 0 Å². The van der Waals surface area contributed by atoms with Gasteiger partial charge in [-0.05, 0) is 64.7 Å². The Morgan fingerprint density at radius 2 is 1.06 bits per heavy atom. The van der Waals surface area contributed by atoms with Gasteiger partial charge in [-0.3, -0.25) is 0 Å². The second kappa shape index (κ2) is 6.67. The Labute approximate surface area is 210 Å². The lowest BCUT2D eigenvalue weighted by Crippen LogP contribution is -2.15. The van der Waals surface area contributed by atoms with Crippen molar-refractivity contribution in [1.82, 2.24) is 9.13 Å². The summed E-state index contributed by atoms with van der Waals surface area (Å²) in [5.41, 5.74) is 11.8. The molecule has 0 spiro atoms. The molecule has 0 radical (unpaired) electrons. The highest BCUT2D eigenvalue weighted by atomic mass is 15.0. The van der Waals surface area contributed by atoms with Gasteiger partial charge in [-0.25, -0.2) is 0 Å². The third kappa shape index (κ3) is 2.37. The van der Waals surface area contributed by atoms with Crippen molar-refractivity contribution < 1.29 is 0 Å². The third-order valence-electron chi connectivity index (χ3n) is 8.53. The average Bonchev–Trinajstić information content (AvgIpc) is 3.47. The van der Waals surface area contributed by atoms with E-state index in [1.165, 1.54) is 71.6 Å². The fraction of sp³-hybridized carbons (Fsp3) is 0.118. The summed E-state index contributed by atoms with van der Waals surface area (Å²) in [6.45, 7) is 4.76. The molecule has 0 saturated heterocycles. The maximum atomic E-state index is 2.45. The summed E-state index contributed by atoms with van der Waals surface area (Å²) in [5, 5.41) is 5.27. The van der Waals surface area contributed by atoms with Crippen LogP contribution in [0.2, 0.25) is 0 Å². The molecule has 2 heterocycles. The van der Waals surface area contributed by atoms with Crippen LogP contribution in [0.25, 0.3) is 60.4 Å². The first-order valence-corrected chi connectivity index (χ1v) is 12.7. The first-order valence-electron chi connectivity index (χ1n) is 12.7. The Morgan fingerprint density at radius 1 is 0.500 bits per heavy atom. The van der Waals surface area contributed by atoms with Gasteiger partial charge < -0.3 is 9.13 Å². The molecule has 0 unspecified atom stereocenters. The van der Waals surface area contributed by atoms with E-state index in [2.05, 4.69) is 133 Å². The van der Waals surface area contributed by atoms with E-state index in [1.807, 2.05) is 0 Å². The number of rotatable bonds is 1. The lowest BCUT2D eigenvalue weighted by molar-refractivity contribution is 0.660. The molecule has 2 nitrogen and oxygen atoms in total. The van der Waals surface area contributed by atoms with Gasteiger partial charge in [0.1, 0.15) is 0 Å². The Bertz CT molecular complexity index is 1980. The molecule has 0 fully saturated rings. The van der Waals surface area contributed by atoms with E-state index in [1.54, 1.807) is 0 Å². The summed E-state index contributed by atoms with van der Waals surface area (Å²) in [6, 6.07) is 38.2. The molecule has 0 atom stereocenters. The van der Waals surface area contributed by atoms with Crippen LogP contribution in [0.3, 0.4) is 0 Å². The van der Waals surface area contributed by atoms with Gasteiger partial charge >= 0.3 is 0 Å². The second-order valence-corrected chi connectivity index (χ2v) is 10.7. The lowest BCUT2D eigenvalue weighted by Gasteiger charge is -2.22. The Kier molecular flexibility index (Phi) is 3.70. The highest BCUT2D eigenvalue weighted by Gasteiger charge is 2.36. The van der Waals surface area contributed by atoms with Crippen LogP contribution < -0.4 is 0 Å². The number of aryl methyl sites for hydroxylation is 1. The van der Waals surface area contributed by atoms with Gasteiger partial charge in [0.25, 0.3) is 0 Å². The molecule has 5 aromatic carbocycles. The molecule has 172 valence electrons. The summed E-state index contributed by atoms with van der Waals surface area (Å²) in [6.07, 6.45) is 0. The van der Waals surface area contributed by atoms with Crippen LogP contribution >= 0.6 is 0 Å². The number of para-hydroxylation sites is 3. The summed E-state index contributed by atoms with van der Waals surface area (Å²) in [7, 11) is 2.18. The quantitative estimate of drug-likeness (QED) is 0.231. The number of hydrogen-bond donors (Lipinski definition) is 0. The van der Waals surface area contributed by atoms with Crippen molar-refractivity contribution in [2.45, 2.75) is 19.3 Å². The second-order valence-electron chi connectivity index (χ2n) is 10.7. The van der Waals surface area contributed by atoms with Crippen molar-refractivity contribution in [3.05, 3.63) is 114 Å². The Morgan fingerprint density at radius 3 is 1.72 bits per heavy atom. The van der Waals surface area contributed by atoms with E-state index >= 15 is 0 Å². The van der Waals surface area contributed by atoms with Gasteiger partial charge in [0.15, 0.2) is 0 Å². The molecule has 0 saturated carbocycles. The van der Waals surface area contributed by atoms with Crippen LogP contribution in [-0.4, -0.2) is 9.13 Å². The van der Waals surface area contributed by atoms with Gasteiger partial charge in [-0.15, -0.1) is 0 Å². The molecule has 2 heteroatoms. The zero-order valence-corrected chi connectivity index (χ0v) is 20.7. The standard InChI is InChI=1S/C34H26N2/c1-34(2)28-18-21(36-31-14-8-5-10-23(31)24-11-6-9-15-32(24)36)16-17-22(28)26-20-33-27(19-29(26)34)25-12-4-7-13-30(25)35(33)3/h4-20H,1-3H3. The predicted molar refractivity (Wildman–Crippen MR) is 152 cm³/mol. The largest absolute Gasteiger partial charge is 0.344 e. The third-order valence-corrected chi connectivity index (χ3v) is 8.53. The van der Waals surface area contributed by atoms with Gasteiger partial charge in [0, 0.05) is 50.7 Å². The van der Waals surface area contributed by atoms with E-state index in [0.29, 0.717) is 0 Å². The molecule has 0 amide bonds. The molecular weight excluding hydrogens is 436 g/mol. The number of benzene rings is 5. The summed E-state index contributed by atoms with van der Waals surface area (Å²) in [5.74, 6) is 0. The minimum Gasteiger partial charge on any atom is -0.344 e. The number of nitrogens with zero attached hydrogens (tertiary/aromatic N) is 2. The summed E-state index contributed by atoms with van der Waals surface area (Å²) >= 11 is 0. The number of aromatic nitrogens is 2. The smallest absolute Gasteiger partial charge is 0.0541 e. The zero-order valence-electron chi connectivity index (χ0n) is 20.7. The summed E-state index contributed by atoms with van der Waals surface area (Å²) < 4.78 is 4.76. The van der Waals surface area contributed by atoms with Crippen molar-refractivity contribution in [2.24, 2.45) is 7.05 Å². The molecule has 0 N–H and O–H groups in total. The topological polar surface area (TPSA) is 9.86 Å². The Hall–Kier alpha value is -4.30. The maximum absolute atomic E-state index is 2.45. The molecule has 1 aliphatic carbocycles. The first kappa shape index (κ1) is 19.9. The highest BCUT2D eigenvalue weighted by molar-refractivity contribution is 6.11. The van der Waals surface area contributed by atoms with Gasteiger partial charge in [0.05, 0.1) is 11.0 Å². The van der Waals surface area contributed by atoms with Gasteiger partial charge in [-0.1, -0.05) is 74.5 Å². The van der Waals surface area contributed by atoms with Crippen LogP contribution in [-0.2, 0) is 12.5 Å². The molecule has 2 aromatic heterocycles. The zero-order chi connectivity index (χ0) is 24.2. The summed E-state index contributed by atoms with van der Waals surface area (Å²) in [4.78, 5) is 0. The van der Waals surface area contributed by atoms with E-state index < -0.39 is 0 Å². The predicted octanol–water partition coefficient (Wildman–Crippen LogP) is 8.73. The molecule has 7 aromatic rings. The van der Waals surface area contributed by atoms with Crippen LogP contribution in [0, 0.1) is 0 Å². The maximum Gasteiger partial charge on any atom is 0.0541 e. The molecule has 1 aliphatic rings. The molecule has 0 bridgehead atoms. The normalized spacial score (nSPS) is 14.2. The molecule has 0 aliphatic heterocycles. The monoisotopic (exact) mass is 462 g/mol. The Balaban J connectivity index is 1.40. The van der Waals surface area contributed by atoms with E-state index in [4.69, 9.17) is 0 Å². The number of fused-ring (bicyclic) bond motifs is 9. The number of hydrogen-bond acceptors (Lipinski definition) is 0. The first-order chi connectivity index (χ1) is 17.5. The van der Waals surface area contributed by atoms with E-state index in [0.717, 1.165) is 0 Å². The van der Waals surface area contributed by atoms with Crippen LogP contribution in [0.15, 0.2) is 103 Å². The lowest BCUT2D eigenvalue weighted by atomic mass is 9.82. The van der Waals surface area contributed by atoms with Crippen molar-refractivity contribution in [3.63, 3.8) is 0 Å². The van der Waals surface area contributed by atoms with Crippen LogP contribution in [0.1, 0.15) is 25.0 Å². The fourth-order valence-corrected chi connectivity index (χ4v) is 6.71. The fourth-order valence-electron chi connectivity index (χ4n) is 6.71. The van der Waals surface area contributed by atoms with E-state index in [-0.39, 0.29) is 5.41 Å². The average molecular weight is 463 g/mol. The molecule has 36 heavy (non-hydrogen) atoms. The highest BCUT2D eigenvalue weighted by Crippen LogP contribution is 2.51. The molecular formula is C34H26N2. The van der Waals surface area contributed by atoms with Crippen LogP contribution in [0.5, 0.6) is 0 Å². The van der Waals surface area contributed by atoms with Crippen LogP contribution in [0.4, 0.5) is 0 Å². The van der Waals surface area contributed by atoms with Crippen molar-refractivity contribution in [2.75, 3.05) is 0 Å². The van der Waals surface area contributed by atoms with Crippen molar-refractivity contribution in [3.8, 4) is 16.8 Å². The van der Waals surface area contributed by atoms with Gasteiger partial charge in [-0.2, -0.15) is 0 Å². The minimum absolute atomic E-state index is 0.0788. The van der Waals surface area contributed by atoms with Gasteiger partial charge in [0.2, 0.25) is 0 Å². The van der Waals surface area contributed by atoms with Crippen molar-refractivity contribution in [1.29, 1.82) is 0 Å². The SMILES string of the molecule is Cn1c2ccccc2c2cc3c(cc21)-c1ccc(-n2c4ccccc4c4ccccc42)cc1C3(C)C. The molecule has 8 rings (SSSR count). The minimum atomic E-state index is -0.0788. The van der Waals surface area contributed by atoms with Crippen molar-refractivity contribution >= 4 is 43.6 Å².